The topological polar surface area (TPSA) is 105 Å². The van der Waals surface area contributed by atoms with E-state index in [4.69, 9.17) is 15.0 Å². The van der Waals surface area contributed by atoms with Gasteiger partial charge in [-0.3, -0.25) is 0 Å². The molecule has 0 bridgehead atoms. The fraction of sp³-hybridized carbons (Fsp3) is 0.538. The van der Waals surface area contributed by atoms with Crippen molar-refractivity contribution in [3.63, 3.8) is 0 Å². The number of hydrogen-bond donors (Lipinski definition) is 1. The Bertz CT molecular complexity index is 634. The molecular formula is C13H18N6O2S. The van der Waals surface area contributed by atoms with Gasteiger partial charge in [-0.1, -0.05) is 23.0 Å². The van der Waals surface area contributed by atoms with Crippen molar-refractivity contribution in [1.82, 2.24) is 24.9 Å². The van der Waals surface area contributed by atoms with E-state index in [9.17, 15) is 0 Å². The summed E-state index contributed by atoms with van der Waals surface area (Å²) in [5, 5.41) is 13.0. The zero-order chi connectivity index (χ0) is 15.4. The van der Waals surface area contributed by atoms with Crippen LogP contribution in [0, 0.1) is 0 Å². The molecule has 118 valence electrons. The molecule has 0 unspecified atom stereocenters. The third-order valence-corrected chi connectivity index (χ3v) is 4.27. The molecule has 2 N–H and O–H groups in total. The van der Waals surface area contributed by atoms with Gasteiger partial charge in [0.05, 0.1) is 12.3 Å². The first kappa shape index (κ1) is 15.2. The maximum Gasteiger partial charge on any atom is 0.255 e. The van der Waals surface area contributed by atoms with E-state index in [0.717, 1.165) is 30.4 Å². The molecule has 1 atom stereocenters. The molecule has 0 aliphatic carbocycles. The second kappa shape index (κ2) is 7.03. The van der Waals surface area contributed by atoms with Crippen LogP contribution in [0.3, 0.4) is 0 Å². The average molecular weight is 322 g/mol. The van der Waals surface area contributed by atoms with Gasteiger partial charge in [-0.25, -0.2) is 0 Å². The van der Waals surface area contributed by atoms with E-state index < -0.39 is 0 Å². The molecule has 9 heteroatoms. The summed E-state index contributed by atoms with van der Waals surface area (Å²) in [6.45, 7) is 5.45. The number of ether oxygens (including phenoxy) is 1. The summed E-state index contributed by atoms with van der Waals surface area (Å²) in [7, 11) is 0. The van der Waals surface area contributed by atoms with Crippen molar-refractivity contribution >= 4 is 11.8 Å². The van der Waals surface area contributed by atoms with Crippen molar-refractivity contribution in [3.8, 4) is 0 Å². The Labute approximate surface area is 132 Å². The Morgan fingerprint density at radius 1 is 1.45 bits per heavy atom. The molecule has 0 saturated carbocycles. The van der Waals surface area contributed by atoms with Gasteiger partial charge in [0.15, 0.2) is 11.0 Å². The van der Waals surface area contributed by atoms with Crippen LogP contribution in [0.25, 0.3) is 0 Å². The van der Waals surface area contributed by atoms with Crippen LogP contribution >= 0.6 is 11.8 Å². The molecule has 1 aliphatic rings. The third-order valence-electron chi connectivity index (χ3n) is 3.31. The lowest BCUT2D eigenvalue weighted by Gasteiger charge is -2.04. The smallest absolute Gasteiger partial charge is 0.255 e. The molecular weight excluding hydrogens is 304 g/mol. The summed E-state index contributed by atoms with van der Waals surface area (Å²) in [4.78, 5) is 4.38. The summed E-state index contributed by atoms with van der Waals surface area (Å²) < 4.78 is 12.7. The van der Waals surface area contributed by atoms with Gasteiger partial charge in [0.1, 0.15) is 11.9 Å². The molecule has 2 aromatic heterocycles. The van der Waals surface area contributed by atoms with Crippen molar-refractivity contribution in [3.05, 3.63) is 30.2 Å². The number of thioether (sulfide) groups is 1. The Morgan fingerprint density at radius 3 is 3.09 bits per heavy atom. The highest BCUT2D eigenvalue weighted by Crippen LogP contribution is 2.28. The highest BCUT2D eigenvalue weighted by molar-refractivity contribution is 7.98. The van der Waals surface area contributed by atoms with Gasteiger partial charge in [-0.2, -0.15) is 4.98 Å². The minimum Gasteiger partial charge on any atom is -0.368 e. The standard InChI is InChI=1S/C13H18N6O2S/c1-2-5-19-11(7-14)16-17-13(19)22-8-10-15-12(21-18-10)9-4-3-6-20-9/h2,9H,1,3-8,14H2/t9-/m1/s1. The van der Waals surface area contributed by atoms with Crippen LogP contribution < -0.4 is 5.73 Å². The summed E-state index contributed by atoms with van der Waals surface area (Å²) in [5.74, 6) is 2.47. The second-order valence-corrected chi connectivity index (χ2v) is 5.78. The minimum absolute atomic E-state index is 0.0560. The highest BCUT2D eigenvalue weighted by Gasteiger charge is 2.24. The van der Waals surface area contributed by atoms with E-state index in [1.54, 1.807) is 6.08 Å². The Morgan fingerprint density at radius 2 is 2.36 bits per heavy atom. The summed E-state index contributed by atoms with van der Waals surface area (Å²) in [6.07, 6.45) is 3.70. The molecule has 1 fully saturated rings. The zero-order valence-corrected chi connectivity index (χ0v) is 13.0. The molecule has 0 radical (unpaired) electrons. The summed E-state index contributed by atoms with van der Waals surface area (Å²) >= 11 is 1.49. The van der Waals surface area contributed by atoms with Gasteiger partial charge >= 0.3 is 0 Å². The van der Waals surface area contributed by atoms with E-state index in [1.165, 1.54) is 11.8 Å². The van der Waals surface area contributed by atoms with Gasteiger partial charge in [-0.05, 0) is 12.8 Å². The fourth-order valence-corrected chi connectivity index (χ4v) is 3.06. The monoisotopic (exact) mass is 322 g/mol. The first-order valence-corrected chi connectivity index (χ1v) is 8.10. The molecule has 1 aliphatic heterocycles. The maximum absolute atomic E-state index is 5.65. The number of hydrogen-bond acceptors (Lipinski definition) is 8. The normalized spacial score (nSPS) is 18.0. The lowest BCUT2D eigenvalue weighted by Crippen LogP contribution is -2.08. The Hall–Kier alpha value is -1.71. The van der Waals surface area contributed by atoms with Crippen molar-refractivity contribution < 1.29 is 9.26 Å². The van der Waals surface area contributed by atoms with Crippen LogP contribution in [0.15, 0.2) is 22.3 Å². The van der Waals surface area contributed by atoms with Crippen LogP contribution in [0.1, 0.15) is 36.5 Å². The Balaban J connectivity index is 1.65. The van der Waals surface area contributed by atoms with E-state index in [1.807, 2.05) is 4.57 Å². The molecule has 0 aromatic carbocycles. The molecule has 8 nitrogen and oxygen atoms in total. The van der Waals surface area contributed by atoms with Crippen LogP contribution in [-0.2, 0) is 23.6 Å². The highest BCUT2D eigenvalue weighted by atomic mass is 32.2. The predicted octanol–water partition coefficient (Wildman–Crippen LogP) is 1.45. The van der Waals surface area contributed by atoms with Crippen LogP contribution in [0.2, 0.25) is 0 Å². The third kappa shape index (κ3) is 3.21. The molecule has 22 heavy (non-hydrogen) atoms. The maximum atomic E-state index is 5.65. The van der Waals surface area contributed by atoms with Crippen molar-refractivity contribution in [2.45, 2.75) is 42.9 Å². The van der Waals surface area contributed by atoms with E-state index in [2.05, 4.69) is 26.9 Å². The van der Waals surface area contributed by atoms with Gasteiger partial charge in [-0.15, -0.1) is 16.8 Å². The first-order chi connectivity index (χ1) is 10.8. The van der Waals surface area contributed by atoms with Crippen LogP contribution in [0.4, 0.5) is 0 Å². The molecule has 0 amide bonds. The van der Waals surface area contributed by atoms with Crippen molar-refractivity contribution in [2.24, 2.45) is 5.73 Å². The van der Waals surface area contributed by atoms with Gasteiger partial charge < -0.3 is 19.6 Å². The van der Waals surface area contributed by atoms with Crippen molar-refractivity contribution in [1.29, 1.82) is 0 Å². The number of rotatable bonds is 7. The summed E-state index contributed by atoms with van der Waals surface area (Å²) in [5.41, 5.74) is 5.65. The largest absolute Gasteiger partial charge is 0.368 e. The van der Waals surface area contributed by atoms with E-state index >= 15 is 0 Å². The van der Waals surface area contributed by atoms with Crippen molar-refractivity contribution in [2.75, 3.05) is 6.61 Å². The average Bonchev–Trinajstić information content (AvgIpc) is 3.26. The fourth-order valence-electron chi connectivity index (χ4n) is 2.25. The number of aromatic nitrogens is 5. The number of nitrogens with two attached hydrogens (primary N) is 1. The van der Waals surface area contributed by atoms with Gasteiger partial charge in [0, 0.05) is 13.2 Å². The molecule has 1 saturated heterocycles. The van der Waals surface area contributed by atoms with E-state index in [-0.39, 0.29) is 6.10 Å². The molecule has 3 rings (SSSR count). The molecule has 3 heterocycles. The molecule has 2 aromatic rings. The molecule has 0 spiro atoms. The van der Waals surface area contributed by atoms with Gasteiger partial charge in [0.25, 0.3) is 5.89 Å². The van der Waals surface area contributed by atoms with Gasteiger partial charge in [0.2, 0.25) is 0 Å². The van der Waals surface area contributed by atoms with Crippen LogP contribution in [-0.4, -0.2) is 31.5 Å². The number of nitrogens with zero attached hydrogens (tertiary/aromatic N) is 5. The number of allylic oxidation sites excluding steroid dienone is 1. The lowest BCUT2D eigenvalue weighted by atomic mass is 10.2. The lowest BCUT2D eigenvalue weighted by molar-refractivity contribution is 0.0835. The zero-order valence-electron chi connectivity index (χ0n) is 12.1. The first-order valence-electron chi connectivity index (χ1n) is 7.11. The second-order valence-electron chi connectivity index (χ2n) is 4.84. The SMILES string of the molecule is C=CCn1c(CN)nnc1SCc1noc([C@H]2CCCO2)n1. The van der Waals surface area contributed by atoms with E-state index in [0.29, 0.717) is 30.6 Å². The van der Waals surface area contributed by atoms with Crippen LogP contribution in [0.5, 0.6) is 0 Å². The Kier molecular flexibility index (Phi) is 4.86. The summed E-state index contributed by atoms with van der Waals surface area (Å²) in [6, 6.07) is 0. The quantitative estimate of drug-likeness (QED) is 0.603. The minimum atomic E-state index is -0.0560. The predicted molar refractivity (Wildman–Crippen MR) is 79.9 cm³/mol.